The molecule has 2 aromatic carbocycles. The fourth-order valence-corrected chi connectivity index (χ4v) is 2.84. The Bertz CT molecular complexity index is 1190. The van der Waals surface area contributed by atoms with Gasteiger partial charge in [-0.05, 0) is 24.3 Å². The highest BCUT2D eigenvalue weighted by molar-refractivity contribution is 6.04. The van der Waals surface area contributed by atoms with Gasteiger partial charge in [-0.25, -0.2) is 4.98 Å². The minimum atomic E-state index is -0.281. The van der Waals surface area contributed by atoms with Gasteiger partial charge in [0, 0.05) is 17.0 Å². The summed E-state index contributed by atoms with van der Waals surface area (Å²) in [6.45, 7) is 0. The Hall–Kier alpha value is -3.61. The first-order chi connectivity index (χ1) is 12.7. The molecule has 26 heavy (non-hydrogen) atoms. The van der Waals surface area contributed by atoms with Crippen molar-refractivity contribution in [2.45, 2.75) is 0 Å². The summed E-state index contributed by atoms with van der Waals surface area (Å²) in [5, 5.41) is 5.09. The number of para-hydroxylation sites is 1. The lowest BCUT2D eigenvalue weighted by molar-refractivity contribution is 0.414. The summed E-state index contributed by atoms with van der Waals surface area (Å²) in [6.07, 6.45) is 2.98. The number of nitrogens with one attached hydrogen (secondary N) is 1. The summed E-state index contributed by atoms with van der Waals surface area (Å²) < 4.78 is 11.7. The zero-order chi connectivity index (χ0) is 18.1. The summed E-state index contributed by atoms with van der Waals surface area (Å²) in [4.78, 5) is 20.2. The average molecular weight is 348 g/mol. The summed E-state index contributed by atoms with van der Waals surface area (Å²) in [5.74, 6) is 1.38. The molecule has 2 heterocycles. The van der Waals surface area contributed by atoms with E-state index in [4.69, 9.17) is 9.47 Å². The van der Waals surface area contributed by atoms with E-state index in [1.165, 1.54) is 11.0 Å². The molecule has 130 valence electrons. The SMILES string of the molecule is COc1ccc2c(c1)[nH]c1c(=O)n(N=Cc3ccccc3OC)cnc12. The number of nitrogens with zero attached hydrogens (tertiary/aromatic N) is 3. The molecule has 0 saturated carbocycles. The molecule has 0 spiro atoms. The molecule has 7 nitrogen and oxygen atoms in total. The molecule has 0 fully saturated rings. The van der Waals surface area contributed by atoms with E-state index in [-0.39, 0.29) is 5.56 Å². The fraction of sp³-hybridized carbons (Fsp3) is 0.105. The minimum Gasteiger partial charge on any atom is -0.497 e. The van der Waals surface area contributed by atoms with Crippen LogP contribution in [0.1, 0.15) is 5.56 Å². The number of benzene rings is 2. The van der Waals surface area contributed by atoms with E-state index in [1.54, 1.807) is 20.4 Å². The summed E-state index contributed by atoms with van der Waals surface area (Å²) in [5.41, 5.74) is 2.28. The van der Waals surface area contributed by atoms with Crippen LogP contribution in [-0.4, -0.2) is 35.1 Å². The van der Waals surface area contributed by atoms with Crippen molar-refractivity contribution in [1.29, 1.82) is 0 Å². The molecule has 0 atom stereocenters. The highest BCUT2D eigenvalue weighted by Gasteiger charge is 2.11. The maximum absolute atomic E-state index is 12.7. The Balaban J connectivity index is 1.81. The number of methoxy groups -OCH3 is 2. The molecule has 0 saturated heterocycles. The van der Waals surface area contributed by atoms with E-state index in [2.05, 4.69) is 15.1 Å². The molecule has 0 aliphatic carbocycles. The van der Waals surface area contributed by atoms with Crippen LogP contribution in [0.15, 0.2) is 58.7 Å². The summed E-state index contributed by atoms with van der Waals surface area (Å²) in [7, 11) is 3.19. The number of aromatic amines is 1. The molecule has 2 aromatic heterocycles. The lowest BCUT2D eigenvalue weighted by Crippen LogP contribution is -2.17. The second-order valence-corrected chi connectivity index (χ2v) is 5.64. The van der Waals surface area contributed by atoms with E-state index in [1.807, 2.05) is 42.5 Å². The molecular weight excluding hydrogens is 332 g/mol. The van der Waals surface area contributed by atoms with Crippen LogP contribution in [0.2, 0.25) is 0 Å². The van der Waals surface area contributed by atoms with Crippen molar-refractivity contribution in [1.82, 2.24) is 14.6 Å². The first-order valence-corrected chi connectivity index (χ1v) is 7.95. The van der Waals surface area contributed by atoms with Crippen molar-refractivity contribution in [3.05, 3.63) is 64.7 Å². The van der Waals surface area contributed by atoms with E-state index < -0.39 is 0 Å². The predicted molar refractivity (Wildman–Crippen MR) is 100 cm³/mol. The van der Waals surface area contributed by atoms with Crippen molar-refractivity contribution in [2.75, 3.05) is 14.2 Å². The number of hydrogen-bond acceptors (Lipinski definition) is 5. The third kappa shape index (κ3) is 2.59. The van der Waals surface area contributed by atoms with Gasteiger partial charge in [0.2, 0.25) is 0 Å². The third-order valence-corrected chi connectivity index (χ3v) is 4.16. The van der Waals surface area contributed by atoms with Gasteiger partial charge in [-0.3, -0.25) is 4.79 Å². The first kappa shape index (κ1) is 15.9. The van der Waals surface area contributed by atoms with Gasteiger partial charge in [0.15, 0.2) is 0 Å². The van der Waals surface area contributed by atoms with Crippen molar-refractivity contribution in [3.63, 3.8) is 0 Å². The normalized spacial score (nSPS) is 11.5. The van der Waals surface area contributed by atoms with Gasteiger partial charge in [-0.1, -0.05) is 12.1 Å². The standard InChI is InChI=1S/C19H16N4O3/c1-25-13-7-8-14-15(9-13)22-18-17(14)20-11-23(19(18)24)21-10-12-5-3-4-6-16(12)26-2/h3-11,22H,1-2H3. The van der Waals surface area contributed by atoms with Gasteiger partial charge in [0.05, 0.1) is 26.0 Å². The minimum absolute atomic E-state index is 0.281. The van der Waals surface area contributed by atoms with Crippen LogP contribution in [0.3, 0.4) is 0 Å². The van der Waals surface area contributed by atoms with E-state index in [9.17, 15) is 4.79 Å². The van der Waals surface area contributed by atoms with E-state index in [0.29, 0.717) is 22.5 Å². The number of hydrogen-bond donors (Lipinski definition) is 1. The number of H-pyrrole nitrogens is 1. The third-order valence-electron chi connectivity index (χ3n) is 4.16. The number of ether oxygens (including phenoxy) is 2. The van der Waals surface area contributed by atoms with Gasteiger partial charge < -0.3 is 14.5 Å². The van der Waals surface area contributed by atoms with Crippen molar-refractivity contribution in [2.24, 2.45) is 5.10 Å². The highest BCUT2D eigenvalue weighted by atomic mass is 16.5. The zero-order valence-electron chi connectivity index (χ0n) is 14.3. The average Bonchev–Trinajstić information content (AvgIpc) is 3.06. The zero-order valence-corrected chi connectivity index (χ0v) is 14.3. The van der Waals surface area contributed by atoms with Gasteiger partial charge in [0.25, 0.3) is 5.56 Å². The fourth-order valence-electron chi connectivity index (χ4n) is 2.84. The van der Waals surface area contributed by atoms with Crippen molar-refractivity contribution in [3.8, 4) is 11.5 Å². The molecule has 4 rings (SSSR count). The van der Waals surface area contributed by atoms with Gasteiger partial charge in [0.1, 0.15) is 28.9 Å². The Morgan fingerprint density at radius 3 is 2.81 bits per heavy atom. The molecule has 0 aliphatic heterocycles. The maximum Gasteiger partial charge on any atom is 0.298 e. The van der Waals surface area contributed by atoms with E-state index >= 15 is 0 Å². The van der Waals surface area contributed by atoms with Crippen LogP contribution in [0.4, 0.5) is 0 Å². The van der Waals surface area contributed by atoms with Crippen molar-refractivity contribution < 1.29 is 9.47 Å². The molecule has 0 radical (unpaired) electrons. The Kier molecular flexibility index (Phi) is 3.89. The van der Waals surface area contributed by atoms with Gasteiger partial charge >= 0.3 is 0 Å². The van der Waals surface area contributed by atoms with Crippen LogP contribution >= 0.6 is 0 Å². The Morgan fingerprint density at radius 1 is 1.15 bits per heavy atom. The lowest BCUT2D eigenvalue weighted by Gasteiger charge is -2.03. The Labute approximate surface area is 148 Å². The molecule has 0 bridgehead atoms. The van der Waals surface area contributed by atoms with Crippen molar-refractivity contribution >= 4 is 28.2 Å². The largest absolute Gasteiger partial charge is 0.497 e. The summed E-state index contributed by atoms with van der Waals surface area (Å²) >= 11 is 0. The smallest absolute Gasteiger partial charge is 0.298 e. The summed E-state index contributed by atoms with van der Waals surface area (Å²) in [6, 6.07) is 13.0. The van der Waals surface area contributed by atoms with Crippen LogP contribution in [0.25, 0.3) is 21.9 Å². The molecule has 7 heteroatoms. The molecule has 1 N–H and O–H groups in total. The maximum atomic E-state index is 12.7. The van der Waals surface area contributed by atoms with E-state index in [0.717, 1.165) is 16.5 Å². The number of fused-ring (bicyclic) bond motifs is 3. The topological polar surface area (TPSA) is 81.5 Å². The van der Waals surface area contributed by atoms with Gasteiger partial charge in [-0.2, -0.15) is 9.78 Å². The lowest BCUT2D eigenvalue weighted by atomic mass is 10.2. The second-order valence-electron chi connectivity index (χ2n) is 5.64. The molecule has 0 amide bonds. The first-order valence-electron chi connectivity index (χ1n) is 7.95. The molecule has 0 unspecified atom stereocenters. The van der Waals surface area contributed by atoms with Crippen LogP contribution in [0.5, 0.6) is 11.5 Å². The Morgan fingerprint density at radius 2 is 2.00 bits per heavy atom. The second kappa shape index (κ2) is 6.36. The quantitative estimate of drug-likeness (QED) is 0.575. The predicted octanol–water partition coefficient (Wildman–Crippen LogP) is 2.78. The van der Waals surface area contributed by atoms with Gasteiger partial charge in [-0.15, -0.1) is 0 Å². The number of rotatable bonds is 4. The number of aromatic nitrogens is 3. The van der Waals surface area contributed by atoms with Crippen LogP contribution in [-0.2, 0) is 0 Å². The van der Waals surface area contributed by atoms with Crippen LogP contribution < -0.4 is 15.0 Å². The van der Waals surface area contributed by atoms with Crippen LogP contribution in [0, 0.1) is 0 Å². The molecule has 4 aromatic rings. The molecule has 0 aliphatic rings. The highest BCUT2D eigenvalue weighted by Crippen LogP contribution is 2.25. The monoisotopic (exact) mass is 348 g/mol. The molecular formula is C19H16N4O3.